The van der Waals surface area contributed by atoms with Gasteiger partial charge in [0.25, 0.3) is 10.0 Å². The number of nitrogens with zero attached hydrogens (tertiary/aromatic N) is 3. The quantitative estimate of drug-likeness (QED) is 0.418. The van der Waals surface area contributed by atoms with Gasteiger partial charge in [0.2, 0.25) is 5.95 Å². The van der Waals surface area contributed by atoms with E-state index >= 15 is 0 Å². The number of benzene rings is 2. The first-order valence-electron chi connectivity index (χ1n) is 8.93. The van der Waals surface area contributed by atoms with E-state index < -0.39 is 43.6 Å². The van der Waals surface area contributed by atoms with Gasteiger partial charge in [-0.1, -0.05) is 23.7 Å². The zero-order chi connectivity index (χ0) is 23.2. The maximum Gasteiger partial charge on any atom is 0.263 e. The number of sulfonamides is 1. The van der Waals surface area contributed by atoms with Gasteiger partial charge < -0.3 is 5.73 Å². The molecule has 0 aliphatic heterocycles. The molecule has 0 unspecified atom stereocenters. The van der Waals surface area contributed by atoms with Crippen LogP contribution in [0.2, 0.25) is 5.02 Å². The number of nitrogens with one attached hydrogen (secondary N) is 1. The lowest BCUT2D eigenvalue weighted by molar-refractivity contribution is 0.502. The summed E-state index contributed by atoms with van der Waals surface area (Å²) in [6, 6.07) is 7.31. The molecular weight excluding hydrogens is 467 g/mol. The third kappa shape index (κ3) is 3.80. The minimum Gasteiger partial charge on any atom is -0.368 e. The van der Waals surface area contributed by atoms with E-state index in [1.807, 2.05) is 0 Å². The molecule has 3 N–H and O–H groups in total. The molecule has 0 atom stereocenters. The highest BCUT2D eigenvalue weighted by Gasteiger charge is 2.26. The van der Waals surface area contributed by atoms with Crippen molar-refractivity contribution in [1.82, 2.24) is 15.0 Å². The molecule has 2 aromatic carbocycles. The van der Waals surface area contributed by atoms with Crippen LogP contribution in [0.5, 0.6) is 0 Å². The molecule has 0 saturated carbocycles. The number of halogens is 4. The molecule has 4 aromatic rings. The molecule has 4 rings (SSSR count). The first kappa shape index (κ1) is 21.8. The van der Waals surface area contributed by atoms with E-state index in [1.165, 1.54) is 30.5 Å². The molecule has 0 bridgehead atoms. The predicted octanol–water partition coefficient (Wildman–Crippen LogP) is 4.45. The van der Waals surface area contributed by atoms with Gasteiger partial charge in [-0.15, -0.1) is 0 Å². The van der Waals surface area contributed by atoms with Crippen molar-refractivity contribution >= 4 is 44.3 Å². The smallest absolute Gasteiger partial charge is 0.263 e. The topological polar surface area (TPSA) is 111 Å². The van der Waals surface area contributed by atoms with Crippen LogP contribution in [0.1, 0.15) is 5.56 Å². The van der Waals surface area contributed by atoms with Gasteiger partial charge in [-0.2, -0.15) is 0 Å². The van der Waals surface area contributed by atoms with Crippen molar-refractivity contribution in [3.63, 3.8) is 0 Å². The number of hydrogen-bond acceptors (Lipinski definition) is 6. The van der Waals surface area contributed by atoms with Crippen LogP contribution < -0.4 is 10.5 Å². The van der Waals surface area contributed by atoms with Crippen molar-refractivity contribution in [2.24, 2.45) is 0 Å². The van der Waals surface area contributed by atoms with Crippen molar-refractivity contribution in [3.8, 4) is 11.3 Å². The van der Waals surface area contributed by atoms with Gasteiger partial charge in [0.1, 0.15) is 16.1 Å². The standard InChI is InChI=1S/C20H13ClF3N5O2S/c1-9-6-13(27-14-8-26-20(25)28-18(9)14)10-7-12(22)19(17(24)16(10)23)29-32(30,31)15-5-3-2-4-11(15)21/h2-8,29H,1H3,(H2,25,26,28). The molecule has 12 heteroatoms. The fraction of sp³-hybridized carbons (Fsp3) is 0.0500. The Hall–Kier alpha value is -3.44. The van der Waals surface area contributed by atoms with Crippen LogP contribution in [-0.4, -0.2) is 23.4 Å². The van der Waals surface area contributed by atoms with E-state index in [2.05, 4.69) is 15.0 Å². The SMILES string of the molecule is Cc1cc(-c2cc(F)c(NS(=O)(=O)c3ccccc3Cl)c(F)c2F)nc2cnc(N)nc12. The largest absolute Gasteiger partial charge is 0.368 e. The second kappa shape index (κ2) is 7.92. The Bertz CT molecular complexity index is 1500. The number of nitrogen functional groups attached to an aromatic ring is 1. The third-order valence-electron chi connectivity index (χ3n) is 4.55. The van der Waals surface area contributed by atoms with Crippen molar-refractivity contribution in [2.45, 2.75) is 11.8 Å². The second-order valence-corrected chi connectivity index (χ2v) is 8.79. The number of pyridine rings is 1. The lowest BCUT2D eigenvalue weighted by atomic mass is 10.1. The molecular formula is C20H13ClF3N5O2S. The minimum absolute atomic E-state index is 0.00794. The van der Waals surface area contributed by atoms with Crippen molar-refractivity contribution in [2.75, 3.05) is 10.5 Å². The molecule has 7 nitrogen and oxygen atoms in total. The summed E-state index contributed by atoms with van der Waals surface area (Å²) in [5.41, 5.74) is 4.91. The number of fused-ring (bicyclic) bond motifs is 1. The number of hydrogen-bond donors (Lipinski definition) is 2. The molecule has 0 fully saturated rings. The van der Waals surface area contributed by atoms with Crippen LogP contribution in [0.3, 0.4) is 0 Å². The second-order valence-electron chi connectivity index (χ2n) is 6.73. The number of aromatic nitrogens is 3. The molecule has 2 aromatic heterocycles. The normalized spacial score (nSPS) is 11.7. The maximum absolute atomic E-state index is 14.9. The van der Waals surface area contributed by atoms with Gasteiger partial charge in [-0.3, -0.25) is 4.72 Å². The van der Waals surface area contributed by atoms with Crippen LogP contribution in [-0.2, 0) is 10.0 Å². The van der Waals surface area contributed by atoms with Gasteiger partial charge in [-0.25, -0.2) is 36.5 Å². The number of nitrogens with two attached hydrogens (primary N) is 1. The minimum atomic E-state index is -4.50. The molecule has 0 aliphatic rings. The number of rotatable bonds is 4. The Balaban J connectivity index is 1.81. The highest BCUT2D eigenvalue weighted by molar-refractivity contribution is 7.92. The Morgan fingerprint density at radius 3 is 2.50 bits per heavy atom. The molecule has 0 amide bonds. The number of aryl methyl sites for hydroxylation is 1. The van der Waals surface area contributed by atoms with E-state index in [1.54, 1.807) is 11.6 Å². The lowest BCUT2D eigenvalue weighted by Crippen LogP contribution is -2.16. The average Bonchev–Trinajstić information content (AvgIpc) is 2.74. The summed E-state index contributed by atoms with van der Waals surface area (Å²) in [5.74, 6) is -4.56. The fourth-order valence-corrected chi connectivity index (χ4v) is 4.65. The third-order valence-corrected chi connectivity index (χ3v) is 6.40. The summed E-state index contributed by atoms with van der Waals surface area (Å²) in [6.07, 6.45) is 1.30. The van der Waals surface area contributed by atoms with Gasteiger partial charge >= 0.3 is 0 Å². The van der Waals surface area contributed by atoms with Crippen LogP contribution >= 0.6 is 11.6 Å². The molecule has 0 aliphatic carbocycles. The monoisotopic (exact) mass is 479 g/mol. The summed E-state index contributed by atoms with van der Waals surface area (Å²) >= 11 is 5.86. The molecule has 0 radical (unpaired) electrons. The van der Waals surface area contributed by atoms with Gasteiger partial charge in [0, 0.05) is 5.56 Å². The highest BCUT2D eigenvalue weighted by atomic mass is 35.5. The van der Waals surface area contributed by atoms with E-state index in [4.69, 9.17) is 17.3 Å². The molecule has 2 heterocycles. The van der Waals surface area contributed by atoms with Gasteiger partial charge in [0.15, 0.2) is 17.5 Å². The van der Waals surface area contributed by atoms with E-state index in [0.29, 0.717) is 17.1 Å². The van der Waals surface area contributed by atoms with E-state index in [0.717, 1.165) is 6.07 Å². The van der Waals surface area contributed by atoms with Crippen LogP contribution in [0.25, 0.3) is 22.3 Å². The zero-order valence-corrected chi connectivity index (χ0v) is 17.8. The summed E-state index contributed by atoms with van der Waals surface area (Å²) < 4.78 is 71.2. The molecule has 32 heavy (non-hydrogen) atoms. The van der Waals surface area contributed by atoms with E-state index in [-0.39, 0.29) is 22.2 Å². The summed E-state index contributed by atoms with van der Waals surface area (Å²) in [5, 5.41) is -0.170. The van der Waals surface area contributed by atoms with Gasteiger partial charge in [-0.05, 0) is 36.8 Å². The Kier molecular flexibility index (Phi) is 5.39. The summed E-state index contributed by atoms with van der Waals surface area (Å²) in [7, 11) is -4.50. The van der Waals surface area contributed by atoms with Gasteiger partial charge in [0.05, 0.1) is 22.4 Å². The summed E-state index contributed by atoms with van der Waals surface area (Å²) in [6.45, 7) is 1.64. The first-order valence-corrected chi connectivity index (χ1v) is 10.8. The summed E-state index contributed by atoms with van der Waals surface area (Å²) in [4.78, 5) is 11.6. The van der Waals surface area contributed by atoms with Crippen LogP contribution in [0, 0.1) is 24.4 Å². The van der Waals surface area contributed by atoms with Crippen LogP contribution in [0.15, 0.2) is 47.5 Å². The Labute approximate surface area is 185 Å². The lowest BCUT2D eigenvalue weighted by Gasteiger charge is -2.14. The molecule has 164 valence electrons. The highest BCUT2D eigenvalue weighted by Crippen LogP contribution is 2.33. The predicted molar refractivity (Wildman–Crippen MR) is 114 cm³/mol. The number of anilines is 2. The Morgan fingerprint density at radius 2 is 1.78 bits per heavy atom. The zero-order valence-electron chi connectivity index (χ0n) is 16.2. The van der Waals surface area contributed by atoms with E-state index in [9.17, 15) is 21.6 Å². The molecule has 0 saturated heterocycles. The molecule has 0 spiro atoms. The maximum atomic E-state index is 14.9. The fourth-order valence-electron chi connectivity index (χ4n) is 3.06. The van der Waals surface area contributed by atoms with Crippen molar-refractivity contribution in [3.05, 3.63) is 70.6 Å². The average molecular weight is 480 g/mol. The van der Waals surface area contributed by atoms with Crippen molar-refractivity contribution < 1.29 is 21.6 Å². The Morgan fingerprint density at radius 1 is 1.06 bits per heavy atom. The first-order chi connectivity index (χ1) is 15.1. The van der Waals surface area contributed by atoms with Crippen molar-refractivity contribution in [1.29, 1.82) is 0 Å². The van der Waals surface area contributed by atoms with Crippen LogP contribution in [0.4, 0.5) is 24.8 Å².